The molecule has 0 saturated heterocycles. The fourth-order valence-electron chi connectivity index (χ4n) is 2.96. The molecule has 1 rings (SSSR count). The Bertz CT molecular complexity index is 563. The number of carbonyl (C=O) groups is 1. The molecule has 154 valence electrons. The van der Waals surface area contributed by atoms with Gasteiger partial charge in [-0.2, -0.15) is 0 Å². The standard InChI is InChI=1S/C20H33NO6/c1-14(2)16(12-17(13-22)21-20(23)24)10-15-6-7-18(26-4)19(11-15)27-9-5-8-25-3/h6-7,11,14,16-17,21-22H,5,8-10,12-13H2,1-4H3,(H,23,24)/t16-,17?/m0/s1. The molecule has 0 bridgehead atoms. The van der Waals surface area contributed by atoms with Gasteiger partial charge in [0.2, 0.25) is 0 Å². The molecule has 3 N–H and O–H groups in total. The molecule has 1 aromatic carbocycles. The van der Waals surface area contributed by atoms with Crippen LogP contribution in [0.5, 0.6) is 11.5 Å². The highest BCUT2D eigenvalue weighted by molar-refractivity contribution is 5.64. The number of carboxylic acid groups (broad SMARTS) is 1. The van der Waals surface area contributed by atoms with Crippen LogP contribution in [0.2, 0.25) is 0 Å². The first-order valence-electron chi connectivity index (χ1n) is 9.30. The number of benzene rings is 1. The van der Waals surface area contributed by atoms with Gasteiger partial charge in [-0.15, -0.1) is 0 Å². The fraction of sp³-hybridized carbons (Fsp3) is 0.650. The van der Waals surface area contributed by atoms with Crippen molar-refractivity contribution in [1.82, 2.24) is 5.32 Å². The Hall–Kier alpha value is -1.99. The maximum Gasteiger partial charge on any atom is 0.404 e. The molecular formula is C20H33NO6. The van der Waals surface area contributed by atoms with Gasteiger partial charge >= 0.3 is 6.09 Å². The molecular weight excluding hydrogens is 350 g/mol. The summed E-state index contributed by atoms with van der Waals surface area (Å²) in [6, 6.07) is 5.38. The molecule has 7 nitrogen and oxygen atoms in total. The number of rotatable bonds is 13. The maximum absolute atomic E-state index is 10.9. The summed E-state index contributed by atoms with van der Waals surface area (Å²) in [5.41, 5.74) is 1.09. The first-order chi connectivity index (χ1) is 12.9. The number of hydrogen-bond donors (Lipinski definition) is 3. The summed E-state index contributed by atoms with van der Waals surface area (Å²) in [4.78, 5) is 10.9. The number of aliphatic hydroxyl groups is 1. The Morgan fingerprint density at radius 2 is 1.93 bits per heavy atom. The van der Waals surface area contributed by atoms with Crippen LogP contribution in [0.15, 0.2) is 18.2 Å². The van der Waals surface area contributed by atoms with Crippen molar-refractivity contribution in [3.63, 3.8) is 0 Å². The average Bonchev–Trinajstić information content (AvgIpc) is 2.63. The van der Waals surface area contributed by atoms with E-state index < -0.39 is 12.1 Å². The minimum Gasteiger partial charge on any atom is -0.493 e. The van der Waals surface area contributed by atoms with Gasteiger partial charge in [-0.25, -0.2) is 4.79 Å². The summed E-state index contributed by atoms with van der Waals surface area (Å²) in [7, 11) is 3.27. The molecule has 0 saturated carbocycles. The smallest absolute Gasteiger partial charge is 0.404 e. The lowest BCUT2D eigenvalue weighted by molar-refractivity contribution is 0.165. The third-order valence-electron chi connectivity index (χ3n) is 4.55. The zero-order valence-corrected chi connectivity index (χ0v) is 16.7. The van der Waals surface area contributed by atoms with Gasteiger partial charge in [0.1, 0.15) is 0 Å². The van der Waals surface area contributed by atoms with Crippen molar-refractivity contribution in [3.05, 3.63) is 23.8 Å². The number of methoxy groups -OCH3 is 2. The number of nitrogens with one attached hydrogen (secondary N) is 1. The van der Waals surface area contributed by atoms with E-state index in [1.807, 2.05) is 18.2 Å². The molecule has 0 aliphatic heterocycles. The maximum atomic E-state index is 10.9. The van der Waals surface area contributed by atoms with Crippen LogP contribution in [-0.4, -0.2) is 56.4 Å². The minimum absolute atomic E-state index is 0.212. The van der Waals surface area contributed by atoms with Crippen LogP contribution in [0.1, 0.15) is 32.3 Å². The SMILES string of the molecule is COCCCOc1cc(C[C@@H](CC(CO)NC(=O)O)C(C)C)ccc1OC. The largest absolute Gasteiger partial charge is 0.493 e. The van der Waals surface area contributed by atoms with Crippen LogP contribution in [-0.2, 0) is 11.2 Å². The van der Waals surface area contributed by atoms with Crippen LogP contribution in [0.4, 0.5) is 4.79 Å². The summed E-state index contributed by atoms with van der Waals surface area (Å²) in [6.45, 7) is 5.16. The lowest BCUT2D eigenvalue weighted by Crippen LogP contribution is -2.39. The lowest BCUT2D eigenvalue weighted by Gasteiger charge is -2.26. The van der Waals surface area contributed by atoms with E-state index in [4.69, 9.17) is 19.3 Å². The molecule has 0 spiro atoms. The van der Waals surface area contributed by atoms with E-state index in [0.29, 0.717) is 37.1 Å². The van der Waals surface area contributed by atoms with E-state index >= 15 is 0 Å². The highest BCUT2D eigenvalue weighted by Crippen LogP contribution is 2.31. The fourth-order valence-corrected chi connectivity index (χ4v) is 2.96. The predicted octanol–water partition coefficient (Wildman–Crippen LogP) is 2.94. The third kappa shape index (κ3) is 8.49. The molecule has 0 heterocycles. The van der Waals surface area contributed by atoms with E-state index in [9.17, 15) is 9.90 Å². The van der Waals surface area contributed by atoms with Crippen molar-refractivity contribution in [1.29, 1.82) is 0 Å². The number of amides is 1. The van der Waals surface area contributed by atoms with E-state index in [1.165, 1.54) is 0 Å². The van der Waals surface area contributed by atoms with Crippen molar-refractivity contribution in [2.24, 2.45) is 11.8 Å². The van der Waals surface area contributed by atoms with Crippen LogP contribution >= 0.6 is 0 Å². The topological polar surface area (TPSA) is 97.2 Å². The molecule has 0 radical (unpaired) electrons. The highest BCUT2D eigenvalue weighted by atomic mass is 16.5. The van der Waals surface area contributed by atoms with Gasteiger partial charge in [-0.1, -0.05) is 19.9 Å². The second-order valence-corrected chi connectivity index (χ2v) is 6.95. The summed E-state index contributed by atoms with van der Waals surface area (Å²) >= 11 is 0. The van der Waals surface area contributed by atoms with Gasteiger partial charge in [0.25, 0.3) is 0 Å². The molecule has 27 heavy (non-hydrogen) atoms. The molecule has 0 aromatic heterocycles. The first kappa shape index (κ1) is 23.0. The third-order valence-corrected chi connectivity index (χ3v) is 4.55. The van der Waals surface area contributed by atoms with E-state index in [2.05, 4.69) is 19.2 Å². The highest BCUT2D eigenvalue weighted by Gasteiger charge is 2.21. The second-order valence-electron chi connectivity index (χ2n) is 6.95. The predicted molar refractivity (Wildman–Crippen MR) is 104 cm³/mol. The van der Waals surface area contributed by atoms with Crippen LogP contribution < -0.4 is 14.8 Å². The van der Waals surface area contributed by atoms with Crippen molar-refractivity contribution in [3.8, 4) is 11.5 Å². The average molecular weight is 383 g/mol. The minimum atomic E-state index is -1.12. The second kappa shape index (κ2) is 12.4. The Kier molecular flexibility index (Phi) is 10.6. The Morgan fingerprint density at radius 1 is 1.19 bits per heavy atom. The molecule has 0 aliphatic rings. The number of aliphatic hydroxyl groups excluding tert-OH is 1. The zero-order chi connectivity index (χ0) is 20.2. The van der Waals surface area contributed by atoms with Crippen molar-refractivity contribution in [2.75, 3.05) is 34.0 Å². The van der Waals surface area contributed by atoms with Crippen molar-refractivity contribution < 1.29 is 29.2 Å². The van der Waals surface area contributed by atoms with E-state index in [1.54, 1.807) is 14.2 Å². The molecule has 1 amide bonds. The summed E-state index contributed by atoms with van der Waals surface area (Å²) in [5, 5.41) is 20.7. The Balaban J connectivity index is 2.83. The Labute approximate surface area is 161 Å². The van der Waals surface area contributed by atoms with Crippen LogP contribution in [0, 0.1) is 11.8 Å². The first-order valence-corrected chi connectivity index (χ1v) is 9.30. The summed E-state index contributed by atoms with van der Waals surface area (Å²) in [5.74, 6) is 1.92. The molecule has 1 aromatic rings. The van der Waals surface area contributed by atoms with Gasteiger partial charge in [0, 0.05) is 20.1 Å². The van der Waals surface area contributed by atoms with Crippen molar-refractivity contribution >= 4 is 6.09 Å². The van der Waals surface area contributed by atoms with Crippen LogP contribution in [0.3, 0.4) is 0 Å². The molecule has 1 unspecified atom stereocenters. The molecule has 2 atom stereocenters. The van der Waals surface area contributed by atoms with Gasteiger partial charge < -0.3 is 29.7 Å². The molecule has 7 heteroatoms. The lowest BCUT2D eigenvalue weighted by atomic mass is 9.84. The van der Waals surface area contributed by atoms with Crippen LogP contribution in [0.25, 0.3) is 0 Å². The van der Waals surface area contributed by atoms with Gasteiger partial charge in [0.05, 0.1) is 26.4 Å². The van der Waals surface area contributed by atoms with E-state index in [-0.39, 0.29) is 12.5 Å². The molecule has 0 aliphatic carbocycles. The normalized spacial score (nSPS) is 13.3. The summed E-state index contributed by atoms with van der Waals surface area (Å²) in [6.07, 6.45) is 0.995. The van der Waals surface area contributed by atoms with Gasteiger partial charge in [-0.3, -0.25) is 0 Å². The van der Waals surface area contributed by atoms with Gasteiger partial charge in [0.15, 0.2) is 11.5 Å². The zero-order valence-electron chi connectivity index (χ0n) is 16.7. The Morgan fingerprint density at radius 3 is 2.48 bits per heavy atom. The van der Waals surface area contributed by atoms with E-state index in [0.717, 1.165) is 18.4 Å². The molecule has 0 fully saturated rings. The number of hydrogen-bond acceptors (Lipinski definition) is 5. The number of ether oxygens (including phenoxy) is 3. The van der Waals surface area contributed by atoms with Gasteiger partial charge in [-0.05, 0) is 42.4 Å². The van der Waals surface area contributed by atoms with Crippen molar-refractivity contribution in [2.45, 2.75) is 39.2 Å². The monoisotopic (exact) mass is 383 g/mol. The quantitative estimate of drug-likeness (QED) is 0.453. The summed E-state index contributed by atoms with van der Waals surface area (Å²) < 4.78 is 16.2.